The van der Waals surface area contributed by atoms with Gasteiger partial charge in [-0.1, -0.05) is 26.1 Å². The summed E-state index contributed by atoms with van der Waals surface area (Å²) in [6.45, 7) is 8.21. The molecule has 0 aliphatic rings. The molecule has 0 saturated heterocycles. The van der Waals surface area contributed by atoms with Crippen LogP contribution in [0.3, 0.4) is 0 Å². The van der Waals surface area contributed by atoms with Gasteiger partial charge in [0.1, 0.15) is 10.8 Å². The third kappa shape index (κ3) is 5.12. The van der Waals surface area contributed by atoms with Gasteiger partial charge < -0.3 is 16.0 Å². The molecule has 0 spiro atoms. The summed E-state index contributed by atoms with van der Waals surface area (Å²) in [7, 11) is 4.15. The van der Waals surface area contributed by atoms with E-state index in [-0.39, 0.29) is 5.41 Å². The van der Waals surface area contributed by atoms with E-state index in [0.29, 0.717) is 4.99 Å². The number of pyridine rings is 1. The number of thiocarbonyl (C=S) groups is 1. The molecule has 0 atom stereocenters. The minimum atomic E-state index is 0.141. The van der Waals surface area contributed by atoms with Crippen molar-refractivity contribution in [3.05, 3.63) is 23.4 Å². The topological polar surface area (TPSA) is 54.2 Å². The lowest BCUT2D eigenvalue weighted by Crippen LogP contribution is -2.35. The molecule has 0 fully saturated rings. The molecule has 3 N–H and O–H groups in total. The molecule has 0 aliphatic carbocycles. The van der Waals surface area contributed by atoms with Crippen LogP contribution in [0.1, 0.15) is 25.1 Å². The number of nitrogens with two attached hydrogens (primary N) is 1. The van der Waals surface area contributed by atoms with Gasteiger partial charge in [-0.3, -0.25) is 0 Å². The summed E-state index contributed by atoms with van der Waals surface area (Å²) in [5, 5.41) is 3.38. The van der Waals surface area contributed by atoms with Crippen LogP contribution < -0.4 is 11.1 Å². The Balaban J connectivity index is 2.82. The zero-order chi connectivity index (χ0) is 14.6. The summed E-state index contributed by atoms with van der Waals surface area (Å²) >= 11 is 5.06. The highest BCUT2D eigenvalue weighted by molar-refractivity contribution is 7.80. The second-order valence-electron chi connectivity index (χ2n) is 5.97. The van der Waals surface area contributed by atoms with Crippen LogP contribution in [0.2, 0.25) is 0 Å². The lowest BCUT2D eigenvalue weighted by atomic mass is 9.93. The van der Waals surface area contributed by atoms with Gasteiger partial charge in [0.15, 0.2) is 0 Å². The molecule has 0 saturated carbocycles. The molecule has 0 aromatic carbocycles. The molecule has 0 radical (unpaired) electrons. The Morgan fingerprint density at radius 3 is 2.58 bits per heavy atom. The van der Waals surface area contributed by atoms with E-state index in [1.165, 1.54) is 0 Å². The van der Waals surface area contributed by atoms with E-state index in [4.69, 9.17) is 18.0 Å². The minimum absolute atomic E-state index is 0.141. The largest absolute Gasteiger partial charge is 0.389 e. The van der Waals surface area contributed by atoms with Gasteiger partial charge in [-0.05, 0) is 38.6 Å². The third-order valence-electron chi connectivity index (χ3n) is 2.78. The molecule has 1 rings (SSSR count). The van der Waals surface area contributed by atoms with Crippen molar-refractivity contribution in [3.63, 3.8) is 0 Å². The molecule has 0 unspecified atom stereocenters. The number of hydrogen-bond donors (Lipinski definition) is 2. The maximum absolute atomic E-state index is 5.73. The number of anilines is 1. The first kappa shape index (κ1) is 15.9. The lowest BCUT2D eigenvalue weighted by molar-refractivity contribution is 0.254. The zero-order valence-electron chi connectivity index (χ0n) is 12.4. The maximum Gasteiger partial charge on any atom is 0.136 e. The van der Waals surface area contributed by atoms with Gasteiger partial charge in [-0.2, -0.15) is 0 Å². The molecule has 5 heteroatoms. The van der Waals surface area contributed by atoms with Crippen LogP contribution in [0.15, 0.2) is 12.1 Å². The van der Waals surface area contributed by atoms with Crippen molar-refractivity contribution in [1.29, 1.82) is 0 Å². The van der Waals surface area contributed by atoms with Crippen molar-refractivity contribution >= 4 is 23.0 Å². The first-order chi connectivity index (χ1) is 8.71. The smallest absolute Gasteiger partial charge is 0.136 e. The van der Waals surface area contributed by atoms with E-state index in [1.807, 2.05) is 19.1 Å². The maximum atomic E-state index is 5.73. The van der Waals surface area contributed by atoms with E-state index < -0.39 is 0 Å². The fourth-order valence-corrected chi connectivity index (χ4v) is 2.29. The zero-order valence-corrected chi connectivity index (χ0v) is 13.3. The average Bonchev–Trinajstić information content (AvgIpc) is 2.24. The van der Waals surface area contributed by atoms with E-state index in [2.05, 4.69) is 43.1 Å². The van der Waals surface area contributed by atoms with Crippen LogP contribution in [0, 0.1) is 12.3 Å². The molecule has 1 aromatic rings. The van der Waals surface area contributed by atoms with Gasteiger partial charge in [-0.15, -0.1) is 0 Å². The second-order valence-corrected chi connectivity index (χ2v) is 6.41. The van der Waals surface area contributed by atoms with Crippen molar-refractivity contribution in [3.8, 4) is 0 Å². The molecule has 0 amide bonds. The molecule has 106 valence electrons. The number of nitrogens with zero attached hydrogens (tertiary/aromatic N) is 2. The molecule has 4 nitrogen and oxygen atoms in total. The van der Waals surface area contributed by atoms with Crippen LogP contribution in [0.5, 0.6) is 0 Å². The summed E-state index contributed by atoms with van der Waals surface area (Å²) in [6.07, 6.45) is 0. The Bertz CT molecular complexity index is 455. The summed E-state index contributed by atoms with van der Waals surface area (Å²) in [4.78, 5) is 7.04. The van der Waals surface area contributed by atoms with Gasteiger partial charge >= 0.3 is 0 Å². The predicted molar refractivity (Wildman–Crippen MR) is 85.7 cm³/mol. The first-order valence-corrected chi connectivity index (χ1v) is 6.78. The number of aromatic nitrogens is 1. The van der Waals surface area contributed by atoms with Crippen molar-refractivity contribution in [2.75, 3.05) is 32.5 Å². The SMILES string of the molecule is Cc1ccc(C(N)=S)c(NCC(C)(C)CN(C)C)n1. The van der Waals surface area contributed by atoms with Crippen LogP contribution >= 0.6 is 12.2 Å². The van der Waals surface area contributed by atoms with Crippen molar-refractivity contribution in [2.24, 2.45) is 11.1 Å². The summed E-state index contributed by atoms with van der Waals surface area (Å²) in [5.74, 6) is 0.777. The lowest BCUT2D eigenvalue weighted by Gasteiger charge is -2.29. The number of nitrogens with one attached hydrogen (secondary N) is 1. The van der Waals surface area contributed by atoms with Crippen molar-refractivity contribution in [2.45, 2.75) is 20.8 Å². The molecular formula is C14H24N4S. The molecular weight excluding hydrogens is 256 g/mol. The monoisotopic (exact) mass is 280 g/mol. The molecule has 1 heterocycles. The van der Waals surface area contributed by atoms with Gasteiger partial charge in [0.05, 0.1) is 5.56 Å². The third-order valence-corrected chi connectivity index (χ3v) is 3.00. The van der Waals surface area contributed by atoms with Crippen LogP contribution in [-0.4, -0.2) is 42.1 Å². The van der Waals surface area contributed by atoms with Crippen LogP contribution in [0.4, 0.5) is 5.82 Å². The number of aryl methyl sites for hydroxylation is 1. The Morgan fingerprint density at radius 1 is 1.42 bits per heavy atom. The van der Waals surface area contributed by atoms with Crippen LogP contribution in [0.25, 0.3) is 0 Å². The normalized spacial score (nSPS) is 11.7. The van der Waals surface area contributed by atoms with E-state index >= 15 is 0 Å². The molecule has 1 aromatic heterocycles. The highest BCUT2D eigenvalue weighted by Gasteiger charge is 2.19. The van der Waals surface area contributed by atoms with E-state index in [1.54, 1.807) is 0 Å². The Labute approximate surface area is 121 Å². The highest BCUT2D eigenvalue weighted by Crippen LogP contribution is 2.19. The Morgan fingerprint density at radius 2 is 2.05 bits per heavy atom. The molecule has 0 bridgehead atoms. The second kappa shape index (κ2) is 6.30. The first-order valence-electron chi connectivity index (χ1n) is 6.37. The number of hydrogen-bond acceptors (Lipinski definition) is 4. The standard InChI is InChI=1S/C14H24N4S/c1-10-6-7-11(12(15)19)13(17-10)16-8-14(2,3)9-18(4)5/h6-7H,8-9H2,1-5H3,(H2,15,19)(H,16,17). The fourth-order valence-electron chi connectivity index (χ4n) is 2.13. The Kier molecular flexibility index (Phi) is 5.26. The quantitative estimate of drug-likeness (QED) is 0.781. The molecule has 0 aliphatic heterocycles. The van der Waals surface area contributed by atoms with Gasteiger partial charge in [0.2, 0.25) is 0 Å². The van der Waals surface area contributed by atoms with Crippen molar-refractivity contribution in [1.82, 2.24) is 9.88 Å². The van der Waals surface area contributed by atoms with Crippen LogP contribution in [-0.2, 0) is 0 Å². The fraction of sp³-hybridized carbons (Fsp3) is 0.571. The van der Waals surface area contributed by atoms with Gasteiger partial charge in [0, 0.05) is 18.8 Å². The highest BCUT2D eigenvalue weighted by atomic mass is 32.1. The summed E-state index contributed by atoms with van der Waals surface area (Å²) < 4.78 is 0. The van der Waals surface area contributed by atoms with E-state index in [0.717, 1.165) is 30.2 Å². The average molecular weight is 280 g/mol. The summed E-state index contributed by atoms with van der Waals surface area (Å²) in [6, 6.07) is 3.84. The van der Waals surface area contributed by atoms with E-state index in [9.17, 15) is 0 Å². The molecule has 19 heavy (non-hydrogen) atoms. The van der Waals surface area contributed by atoms with Gasteiger partial charge in [-0.25, -0.2) is 4.98 Å². The van der Waals surface area contributed by atoms with Crippen molar-refractivity contribution < 1.29 is 0 Å². The minimum Gasteiger partial charge on any atom is -0.389 e. The Hall–Kier alpha value is -1.20. The number of rotatable bonds is 6. The summed E-state index contributed by atoms with van der Waals surface area (Å²) in [5.41, 5.74) is 7.63. The predicted octanol–water partition coefficient (Wildman–Crippen LogP) is 2.02. The van der Waals surface area contributed by atoms with Gasteiger partial charge in [0.25, 0.3) is 0 Å².